The maximum absolute atomic E-state index is 11.7. The van der Waals surface area contributed by atoms with Crippen LogP contribution in [0, 0.1) is 11.8 Å². The van der Waals surface area contributed by atoms with Crippen molar-refractivity contribution in [1.29, 1.82) is 0 Å². The Morgan fingerprint density at radius 3 is 2.56 bits per heavy atom. The number of piperidine rings is 1. The van der Waals surface area contributed by atoms with E-state index in [4.69, 9.17) is 5.73 Å². The van der Waals surface area contributed by atoms with Crippen molar-refractivity contribution in [2.75, 3.05) is 26.2 Å². The second-order valence-electron chi connectivity index (χ2n) is 5.89. The van der Waals surface area contributed by atoms with Crippen LogP contribution in [0.25, 0.3) is 0 Å². The lowest BCUT2D eigenvalue weighted by Gasteiger charge is -2.31. The van der Waals surface area contributed by atoms with Gasteiger partial charge in [-0.05, 0) is 57.2 Å². The molecule has 1 saturated carbocycles. The van der Waals surface area contributed by atoms with Gasteiger partial charge in [0.2, 0.25) is 5.91 Å². The van der Waals surface area contributed by atoms with Gasteiger partial charge in [0.25, 0.3) is 0 Å². The summed E-state index contributed by atoms with van der Waals surface area (Å²) in [7, 11) is 0. The molecule has 0 aromatic heterocycles. The molecule has 4 nitrogen and oxygen atoms in total. The highest BCUT2D eigenvalue weighted by atomic mass is 16.1. The summed E-state index contributed by atoms with van der Waals surface area (Å²) in [6, 6.07) is 0.0898. The fraction of sp³-hybridized carbons (Fsp3) is 0.929. The van der Waals surface area contributed by atoms with Gasteiger partial charge in [0.05, 0.1) is 0 Å². The third-order valence-corrected chi connectivity index (χ3v) is 4.39. The summed E-state index contributed by atoms with van der Waals surface area (Å²) in [5.41, 5.74) is 5.96. The number of nitrogens with zero attached hydrogens (tertiary/aromatic N) is 1. The van der Waals surface area contributed by atoms with Gasteiger partial charge in [0.1, 0.15) is 0 Å². The number of likely N-dealkylation sites (tertiary alicyclic amines) is 1. The van der Waals surface area contributed by atoms with Gasteiger partial charge in [0, 0.05) is 19.0 Å². The predicted octanol–water partition coefficient (Wildman–Crippen LogP) is 0.962. The van der Waals surface area contributed by atoms with E-state index in [2.05, 4.69) is 17.1 Å². The molecule has 0 bridgehead atoms. The first-order valence-electron chi connectivity index (χ1n) is 7.43. The van der Waals surface area contributed by atoms with Crippen LogP contribution in [0.15, 0.2) is 0 Å². The predicted molar refractivity (Wildman–Crippen MR) is 73.2 cm³/mol. The molecular formula is C14H27N3O. The number of hydrogen-bond acceptors (Lipinski definition) is 3. The Kier molecular flexibility index (Phi) is 5.01. The van der Waals surface area contributed by atoms with Crippen LogP contribution in [-0.2, 0) is 4.79 Å². The van der Waals surface area contributed by atoms with Gasteiger partial charge >= 0.3 is 0 Å². The molecule has 104 valence electrons. The molecule has 0 radical (unpaired) electrons. The molecule has 1 amide bonds. The maximum Gasteiger partial charge on any atom is 0.221 e. The summed E-state index contributed by atoms with van der Waals surface area (Å²) in [6.45, 7) is 6.56. The van der Waals surface area contributed by atoms with Crippen LogP contribution in [0.4, 0.5) is 0 Å². The lowest BCUT2D eigenvalue weighted by Crippen LogP contribution is -2.40. The van der Waals surface area contributed by atoms with Gasteiger partial charge < -0.3 is 16.0 Å². The largest absolute Gasteiger partial charge is 0.356 e. The molecule has 2 rings (SSSR count). The highest BCUT2D eigenvalue weighted by Gasteiger charge is 2.29. The van der Waals surface area contributed by atoms with Crippen LogP contribution >= 0.6 is 0 Å². The first-order valence-corrected chi connectivity index (χ1v) is 7.43. The Bertz CT molecular complexity index is 270. The minimum absolute atomic E-state index is 0.0898. The van der Waals surface area contributed by atoms with E-state index in [1.54, 1.807) is 0 Å². The number of amides is 1. The summed E-state index contributed by atoms with van der Waals surface area (Å²) in [4.78, 5) is 14.2. The second kappa shape index (κ2) is 6.53. The Balaban J connectivity index is 1.58. The fourth-order valence-electron chi connectivity index (χ4n) is 2.74. The number of carbonyl (C=O) groups is 1. The molecule has 4 heteroatoms. The monoisotopic (exact) mass is 253 g/mol. The smallest absolute Gasteiger partial charge is 0.221 e. The Hall–Kier alpha value is -0.610. The number of carbonyl (C=O) groups excluding carboxylic acids is 1. The van der Waals surface area contributed by atoms with E-state index in [1.165, 1.54) is 38.8 Å². The van der Waals surface area contributed by atoms with E-state index >= 15 is 0 Å². The summed E-state index contributed by atoms with van der Waals surface area (Å²) >= 11 is 0. The lowest BCUT2D eigenvalue weighted by molar-refractivity contribution is -0.121. The van der Waals surface area contributed by atoms with Gasteiger partial charge in [-0.15, -0.1) is 0 Å². The maximum atomic E-state index is 11.7. The molecule has 1 aliphatic heterocycles. The van der Waals surface area contributed by atoms with Crippen LogP contribution in [-0.4, -0.2) is 43.0 Å². The van der Waals surface area contributed by atoms with Crippen LogP contribution in [0.1, 0.15) is 39.0 Å². The number of hydrogen-bond donors (Lipinski definition) is 2. The molecule has 2 fully saturated rings. The molecule has 1 saturated heterocycles. The van der Waals surface area contributed by atoms with E-state index in [0.29, 0.717) is 18.3 Å². The van der Waals surface area contributed by atoms with E-state index in [9.17, 15) is 4.79 Å². The molecule has 18 heavy (non-hydrogen) atoms. The Labute approximate surface area is 110 Å². The first kappa shape index (κ1) is 13.8. The van der Waals surface area contributed by atoms with Crippen LogP contribution < -0.4 is 11.1 Å². The first-order chi connectivity index (χ1) is 8.69. The van der Waals surface area contributed by atoms with E-state index in [-0.39, 0.29) is 11.9 Å². The van der Waals surface area contributed by atoms with Gasteiger partial charge in [0.15, 0.2) is 0 Å². The highest BCUT2D eigenvalue weighted by molar-refractivity contribution is 5.76. The third kappa shape index (κ3) is 4.25. The molecule has 1 atom stereocenters. The van der Waals surface area contributed by atoms with Crippen molar-refractivity contribution in [2.24, 2.45) is 17.6 Å². The molecule has 3 N–H and O–H groups in total. The topological polar surface area (TPSA) is 58.4 Å². The van der Waals surface area contributed by atoms with Gasteiger partial charge in [-0.3, -0.25) is 4.79 Å². The molecule has 1 unspecified atom stereocenters. The molecular weight excluding hydrogens is 226 g/mol. The molecule has 1 aliphatic carbocycles. The van der Waals surface area contributed by atoms with Gasteiger partial charge in [-0.2, -0.15) is 0 Å². The quantitative estimate of drug-likeness (QED) is 0.741. The van der Waals surface area contributed by atoms with Crippen molar-refractivity contribution in [3.63, 3.8) is 0 Å². The van der Waals surface area contributed by atoms with Crippen molar-refractivity contribution in [2.45, 2.75) is 45.1 Å². The summed E-state index contributed by atoms with van der Waals surface area (Å²) in [5.74, 6) is 1.42. The fourth-order valence-corrected chi connectivity index (χ4v) is 2.74. The Morgan fingerprint density at radius 2 is 2.00 bits per heavy atom. The van der Waals surface area contributed by atoms with E-state index < -0.39 is 0 Å². The molecule has 0 spiro atoms. The van der Waals surface area contributed by atoms with Crippen molar-refractivity contribution in [1.82, 2.24) is 10.2 Å². The summed E-state index contributed by atoms with van der Waals surface area (Å²) in [6.07, 6.45) is 5.36. The third-order valence-electron chi connectivity index (χ3n) is 4.39. The average Bonchev–Trinajstić information content (AvgIpc) is 3.21. The molecule has 1 heterocycles. The van der Waals surface area contributed by atoms with Crippen molar-refractivity contribution >= 4 is 5.91 Å². The number of rotatable bonds is 6. The SMILES string of the molecule is CCN1CCC(CNC(=O)CC(N)C2CC2)CC1. The van der Waals surface area contributed by atoms with Crippen LogP contribution in [0.2, 0.25) is 0 Å². The van der Waals surface area contributed by atoms with E-state index in [0.717, 1.165) is 13.1 Å². The molecule has 2 aliphatic rings. The Morgan fingerprint density at radius 1 is 1.33 bits per heavy atom. The van der Waals surface area contributed by atoms with Crippen LogP contribution in [0.3, 0.4) is 0 Å². The number of nitrogens with one attached hydrogen (secondary N) is 1. The highest BCUT2D eigenvalue weighted by Crippen LogP contribution is 2.32. The van der Waals surface area contributed by atoms with E-state index in [1.807, 2.05) is 0 Å². The second-order valence-corrected chi connectivity index (χ2v) is 5.89. The standard InChI is InChI=1S/C14H27N3O/c1-2-17-7-5-11(6-8-17)10-16-14(18)9-13(15)12-3-4-12/h11-13H,2-10,15H2,1H3,(H,16,18). The zero-order valence-corrected chi connectivity index (χ0v) is 11.5. The minimum atomic E-state index is 0.0898. The number of nitrogens with two attached hydrogens (primary N) is 1. The van der Waals surface area contributed by atoms with Crippen LogP contribution in [0.5, 0.6) is 0 Å². The summed E-state index contributed by atoms with van der Waals surface area (Å²) in [5, 5.41) is 3.06. The average molecular weight is 253 g/mol. The molecule has 0 aromatic carbocycles. The normalized spacial score (nSPS) is 23.9. The summed E-state index contributed by atoms with van der Waals surface area (Å²) < 4.78 is 0. The van der Waals surface area contributed by atoms with Crippen molar-refractivity contribution < 1.29 is 4.79 Å². The zero-order chi connectivity index (χ0) is 13.0. The lowest BCUT2D eigenvalue weighted by atomic mass is 9.96. The molecule has 0 aromatic rings. The van der Waals surface area contributed by atoms with Gasteiger partial charge in [-0.1, -0.05) is 6.92 Å². The zero-order valence-electron chi connectivity index (χ0n) is 11.5. The minimum Gasteiger partial charge on any atom is -0.356 e. The van der Waals surface area contributed by atoms with Crippen molar-refractivity contribution in [3.8, 4) is 0 Å². The van der Waals surface area contributed by atoms with Crippen molar-refractivity contribution in [3.05, 3.63) is 0 Å². The van der Waals surface area contributed by atoms with Gasteiger partial charge in [-0.25, -0.2) is 0 Å².